The molecule has 1 heterocycles. The van der Waals surface area contributed by atoms with Crippen LogP contribution in [-0.4, -0.2) is 38.0 Å². The molecule has 1 fully saturated rings. The molecule has 2 aromatic rings. The minimum atomic E-state index is -3.51. The van der Waals surface area contributed by atoms with Gasteiger partial charge in [0, 0.05) is 18.0 Å². The summed E-state index contributed by atoms with van der Waals surface area (Å²) in [5.41, 5.74) is 1.97. The highest BCUT2D eigenvalue weighted by atomic mass is 32.2. The number of thioether (sulfide) groups is 1. The van der Waals surface area contributed by atoms with Gasteiger partial charge in [-0.1, -0.05) is 29.8 Å². The Kier molecular flexibility index (Phi) is 6.80. The zero-order chi connectivity index (χ0) is 20.1. The van der Waals surface area contributed by atoms with Crippen LogP contribution in [0.3, 0.4) is 0 Å². The van der Waals surface area contributed by atoms with E-state index in [1.54, 1.807) is 36.0 Å². The standard InChI is InChI=1S/C21H25NO4S2/c1-16-3-9-20(10-4-16)28(24,25)22-13-11-18(12-14-22)21(23)26-15-17-5-7-19(27-2)8-6-17/h3-10,18H,11-15H2,1-2H3. The van der Waals surface area contributed by atoms with Crippen molar-refractivity contribution in [2.24, 2.45) is 5.92 Å². The smallest absolute Gasteiger partial charge is 0.309 e. The average molecular weight is 420 g/mol. The summed E-state index contributed by atoms with van der Waals surface area (Å²) in [7, 11) is -3.51. The van der Waals surface area contributed by atoms with Crippen molar-refractivity contribution in [2.45, 2.75) is 36.2 Å². The van der Waals surface area contributed by atoms with Gasteiger partial charge in [0.2, 0.25) is 10.0 Å². The van der Waals surface area contributed by atoms with Gasteiger partial charge in [-0.25, -0.2) is 8.42 Å². The zero-order valence-electron chi connectivity index (χ0n) is 16.1. The van der Waals surface area contributed by atoms with E-state index < -0.39 is 10.0 Å². The molecule has 2 aromatic carbocycles. The van der Waals surface area contributed by atoms with Gasteiger partial charge in [-0.3, -0.25) is 4.79 Å². The van der Waals surface area contributed by atoms with E-state index >= 15 is 0 Å². The van der Waals surface area contributed by atoms with Gasteiger partial charge in [-0.15, -0.1) is 11.8 Å². The van der Waals surface area contributed by atoms with Gasteiger partial charge >= 0.3 is 5.97 Å². The normalized spacial score (nSPS) is 16.1. The third-order valence-corrected chi connectivity index (χ3v) is 7.64. The van der Waals surface area contributed by atoms with Crippen molar-refractivity contribution in [1.29, 1.82) is 0 Å². The number of aryl methyl sites for hydroxylation is 1. The van der Waals surface area contributed by atoms with E-state index in [1.807, 2.05) is 37.4 Å². The monoisotopic (exact) mass is 419 g/mol. The van der Waals surface area contributed by atoms with Crippen molar-refractivity contribution in [3.05, 3.63) is 59.7 Å². The van der Waals surface area contributed by atoms with Crippen LogP contribution >= 0.6 is 11.8 Å². The highest BCUT2D eigenvalue weighted by Crippen LogP contribution is 2.25. The zero-order valence-corrected chi connectivity index (χ0v) is 17.8. The van der Waals surface area contributed by atoms with E-state index in [2.05, 4.69) is 0 Å². The van der Waals surface area contributed by atoms with Gasteiger partial charge in [0.05, 0.1) is 10.8 Å². The minimum Gasteiger partial charge on any atom is -0.461 e. The van der Waals surface area contributed by atoms with E-state index in [0.29, 0.717) is 30.8 Å². The molecule has 1 aliphatic rings. The fraction of sp³-hybridized carbons (Fsp3) is 0.381. The van der Waals surface area contributed by atoms with Crippen LogP contribution in [0.1, 0.15) is 24.0 Å². The van der Waals surface area contributed by atoms with Crippen LogP contribution < -0.4 is 0 Å². The van der Waals surface area contributed by atoms with Gasteiger partial charge < -0.3 is 4.74 Å². The molecule has 1 aliphatic heterocycles. The van der Waals surface area contributed by atoms with Crippen LogP contribution in [0.5, 0.6) is 0 Å². The van der Waals surface area contributed by atoms with Crippen molar-refractivity contribution in [1.82, 2.24) is 4.31 Å². The molecule has 0 N–H and O–H groups in total. The van der Waals surface area contributed by atoms with Crippen LogP contribution in [0.2, 0.25) is 0 Å². The summed E-state index contributed by atoms with van der Waals surface area (Å²) in [6.07, 6.45) is 2.98. The highest BCUT2D eigenvalue weighted by Gasteiger charge is 2.32. The maximum absolute atomic E-state index is 12.7. The summed E-state index contributed by atoms with van der Waals surface area (Å²) >= 11 is 1.66. The number of nitrogens with zero attached hydrogens (tertiary/aromatic N) is 1. The molecule has 7 heteroatoms. The van der Waals surface area contributed by atoms with Crippen molar-refractivity contribution in [3.63, 3.8) is 0 Å². The molecule has 1 saturated heterocycles. The molecular formula is C21H25NO4S2. The summed E-state index contributed by atoms with van der Waals surface area (Å²) in [5.74, 6) is -0.503. The van der Waals surface area contributed by atoms with E-state index in [9.17, 15) is 13.2 Å². The lowest BCUT2D eigenvalue weighted by Gasteiger charge is -2.30. The van der Waals surface area contributed by atoms with E-state index in [4.69, 9.17) is 4.74 Å². The average Bonchev–Trinajstić information content (AvgIpc) is 2.73. The van der Waals surface area contributed by atoms with Gasteiger partial charge in [-0.05, 0) is 55.9 Å². The molecular weight excluding hydrogens is 394 g/mol. The molecule has 0 saturated carbocycles. The second-order valence-electron chi connectivity index (χ2n) is 6.95. The van der Waals surface area contributed by atoms with Crippen molar-refractivity contribution in [2.75, 3.05) is 19.3 Å². The lowest BCUT2D eigenvalue weighted by molar-refractivity contribution is -0.151. The number of hydrogen-bond acceptors (Lipinski definition) is 5. The number of carbonyl (C=O) groups excluding carboxylic acids is 1. The molecule has 0 aromatic heterocycles. The number of benzene rings is 2. The fourth-order valence-corrected chi connectivity index (χ4v) is 5.06. The maximum Gasteiger partial charge on any atom is 0.309 e. The summed E-state index contributed by atoms with van der Waals surface area (Å²) in [5, 5.41) is 0. The second-order valence-corrected chi connectivity index (χ2v) is 9.76. The second kappa shape index (κ2) is 9.11. The highest BCUT2D eigenvalue weighted by molar-refractivity contribution is 7.98. The molecule has 0 amide bonds. The minimum absolute atomic E-state index is 0.245. The Bertz CT molecular complexity index is 900. The van der Waals surface area contributed by atoms with Gasteiger partial charge in [0.15, 0.2) is 0 Å². The van der Waals surface area contributed by atoms with Gasteiger partial charge in [0.1, 0.15) is 6.61 Å². The summed E-state index contributed by atoms with van der Waals surface area (Å²) in [6, 6.07) is 14.8. The molecule has 5 nitrogen and oxygen atoms in total. The predicted octanol–water partition coefficient (Wildman–Crippen LogP) is 3.86. The first-order valence-electron chi connectivity index (χ1n) is 9.26. The van der Waals surface area contributed by atoms with Crippen molar-refractivity contribution in [3.8, 4) is 0 Å². The Morgan fingerprint density at radius 3 is 2.25 bits per heavy atom. The first-order chi connectivity index (χ1) is 13.4. The number of ether oxygens (including phenoxy) is 1. The van der Waals surface area contributed by atoms with Crippen LogP contribution in [0.15, 0.2) is 58.3 Å². The summed E-state index contributed by atoms with van der Waals surface area (Å²) in [6.45, 7) is 2.83. The number of hydrogen-bond donors (Lipinski definition) is 0. The molecule has 0 atom stereocenters. The Morgan fingerprint density at radius 1 is 1.07 bits per heavy atom. The number of sulfonamides is 1. The largest absolute Gasteiger partial charge is 0.461 e. The van der Waals surface area contributed by atoms with Crippen LogP contribution in [0.4, 0.5) is 0 Å². The molecule has 28 heavy (non-hydrogen) atoms. The molecule has 150 valence electrons. The Morgan fingerprint density at radius 2 is 1.68 bits per heavy atom. The maximum atomic E-state index is 12.7. The molecule has 0 spiro atoms. The molecule has 3 rings (SSSR count). The first-order valence-corrected chi connectivity index (χ1v) is 11.9. The van der Waals surface area contributed by atoms with Gasteiger partial charge in [-0.2, -0.15) is 4.31 Å². The number of piperidine rings is 1. The quantitative estimate of drug-likeness (QED) is 0.525. The molecule has 0 bridgehead atoms. The number of rotatable bonds is 6. The van der Waals surface area contributed by atoms with E-state index in [1.165, 1.54) is 4.31 Å². The number of esters is 1. The lowest BCUT2D eigenvalue weighted by atomic mass is 9.98. The van der Waals surface area contributed by atoms with E-state index in [0.717, 1.165) is 16.0 Å². The SMILES string of the molecule is CSc1ccc(COC(=O)C2CCN(S(=O)(=O)c3ccc(C)cc3)CC2)cc1. The van der Waals surface area contributed by atoms with Crippen molar-refractivity contribution < 1.29 is 17.9 Å². The lowest BCUT2D eigenvalue weighted by Crippen LogP contribution is -2.40. The summed E-state index contributed by atoms with van der Waals surface area (Å²) < 4.78 is 32.4. The third kappa shape index (κ3) is 4.96. The molecule has 0 aliphatic carbocycles. The Hall–Kier alpha value is -1.83. The number of carbonyl (C=O) groups is 1. The topological polar surface area (TPSA) is 63.7 Å². The summed E-state index contributed by atoms with van der Waals surface area (Å²) in [4.78, 5) is 13.8. The Labute approximate surface area is 171 Å². The third-order valence-electron chi connectivity index (χ3n) is 4.99. The Balaban J connectivity index is 1.52. The van der Waals surface area contributed by atoms with Crippen LogP contribution in [-0.2, 0) is 26.2 Å². The van der Waals surface area contributed by atoms with Crippen LogP contribution in [0.25, 0.3) is 0 Å². The van der Waals surface area contributed by atoms with Crippen LogP contribution in [0, 0.1) is 12.8 Å². The van der Waals surface area contributed by atoms with E-state index in [-0.39, 0.29) is 18.5 Å². The van der Waals surface area contributed by atoms with Gasteiger partial charge in [0.25, 0.3) is 0 Å². The first kappa shape index (κ1) is 20.9. The predicted molar refractivity (Wildman–Crippen MR) is 111 cm³/mol. The molecule has 0 unspecified atom stereocenters. The fourth-order valence-electron chi connectivity index (χ4n) is 3.19. The van der Waals surface area contributed by atoms with Crippen molar-refractivity contribution >= 4 is 27.8 Å². The molecule has 0 radical (unpaired) electrons.